The highest BCUT2D eigenvalue weighted by Gasteiger charge is 2.20. The smallest absolute Gasteiger partial charge is 0.137 e. The zero-order valence-corrected chi connectivity index (χ0v) is 9.28. The maximum Gasteiger partial charge on any atom is 0.137 e. The molecule has 0 N–H and O–H groups in total. The quantitative estimate of drug-likeness (QED) is 0.697. The second kappa shape index (κ2) is 4.02. The molecule has 1 rings (SSSR count). The molecule has 0 aliphatic rings. The first kappa shape index (κ1) is 11.1. The fourth-order valence-electron chi connectivity index (χ4n) is 1.12. The summed E-state index contributed by atoms with van der Waals surface area (Å²) in [5.74, 6) is -0.252. The van der Waals surface area contributed by atoms with Crippen molar-refractivity contribution in [3.05, 3.63) is 29.6 Å². The fourth-order valence-corrected chi connectivity index (χ4v) is 1.58. The number of halogens is 1. The molecule has 0 spiro atoms. The van der Waals surface area contributed by atoms with E-state index in [0.29, 0.717) is 4.90 Å². The minimum Gasteiger partial charge on any atom is -0.206 e. The van der Waals surface area contributed by atoms with Crippen LogP contribution in [0.15, 0.2) is 23.1 Å². The van der Waals surface area contributed by atoms with Gasteiger partial charge in [0.25, 0.3) is 0 Å². The van der Waals surface area contributed by atoms with Crippen LogP contribution in [0.1, 0.15) is 19.4 Å². The van der Waals surface area contributed by atoms with Gasteiger partial charge in [0.05, 0.1) is 11.5 Å². The number of thioether (sulfide) groups is 1. The summed E-state index contributed by atoms with van der Waals surface area (Å²) < 4.78 is 13.4. The van der Waals surface area contributed by atoms with E-state index < -0.39 is 5.41 Å². The molecule has 0 fully saturated rings. The minimum atomic E-state index is -0.627. The van der Waals surface area contributed by atoms with Crippen LogP contribution in [0, 0.1) is 17.1 Å². The molecule has 0 bridgehead atoms. The largest absolute Gasteiger partial charge is 0.206 e. The lowest BCUT2D eigenvalue weighted by Gasteiger charge is -2.16. The minimum absolute atomic E-state index is 0.252. The molecule has 3 heteroatoms. The van der Waals surface area contributed by atoms with Crippen LogP contribution in [0.2, 0.25) is 0 Å². The zero-order valence-electron chi connectivity index (χ0n) is 8.47. The summed E-state index contributed by atoms with van der Waals surface area (Å²) in [6.45, 7) is 3.56. The topological polar surface area (TPSA) is 23.8 Å². The number of benzene rings is 1. The standard InChI is InChI=1S/C11H12FNS/c1-11(2,7-13)8-4-5-10(14-3)9(12)6-8/h4-6H,1-3H3. The first-order valence-electron chi connectivity index (χ1n) is 4.26. The van der Waals surface area contributed by atoms with Gasteiger partial charge in [-0.3, -0.25) is 0 Å². The van der Waals surface area contributed by atoms with E-state index in [1.165, 1.54) is 17.8 Å². The van der Waals surface area contributed by atoms with Crippen molar-refractivity contribution < 1.29 is 4.39 Å². The van der Waals surface area contributed by atoms with Gasteiger partial charge >= 0.3 is 0 Å². The Hall–Kier alpha value is -1.01. The third kappa shape index (κ3) is 2.08. The van der Waals surface area contributed by atoms with Crippen LogP contribution >= 0.6 is 11.8 Å². The highest BCUT2D eigenvalue weighted by molar-refractivity contribution is 7.98. The highest BCUT2D eigenvalue weighted by Crippen LogP contribution is 2.27. The zero-order chi connectivity index (χ0) is 10.8. The Labute approximate surface area is 87.9 Å². The van der Waals surface area contributed by atoms with E-state index in [1.807, 2.05) is 6.26 Å². The Bertz CT molecular complexity index is 379. The van der Waals surface area contributed by atoms with E-state index in [1.54, 1.807) is 26.0 Å². The van der Waals surface area contributed by atoms with Crippen molar-refractivity contribution in [2.75, 3.05) is 6.26 Å². The summed E-state index contributed by atoms with van der Waals surface area (Å²) >= 11 is 1.36. The summed E-state index contributed by atoms with van der Waals surface area (Å²) in [5.41, 5.74) is 0.0907. The Morgan fingerprint density at radius 3 is 2.50 bits per heavy atom. The Morgan fingerprint density at radius 2 is 2.07 bits per heavy atom. The summed E-state index contributed by atoms with van der Waals surface area (Å²) in [6, 6.07) is 7.11. The lowest BCUT2D eigenvalue weighted by atomic mass is 9.86. The SMILES string of the molecule is CSc1ccc(C(C)(C)C#N)cc1F. The first-order valence-corrected chi connectivity index (χ1v) is 5.49. The highest BCUT2D eigenvalue weighted by atomic mass is 32.2. The van der Waals surface area contributed by atoms with Crippen LogP contribution in [0.25, 0.3) is 0 Å². The van der Waals surface area contributed by atoms with Crippen LogP contribution in [0.5, 0.6) is 0 Å². The van der Waals surface area contributed by atoms with Gasteiger partial charge in [-0.25, -0.2) is 4.39 Å². The number of hydrogen-bond acceptors (Lipinski definition) is 2. The van der Waals surface area contributed by atoms with Crippen molar-refractivity contribution in [1.82, 2.24) is 0 Å². The molecule has 0 saturated carbocycles. The molecule has 0 atom stereocenters. The van der Waals surface area contributed by atoms with Gasteiger partial charge in [0.2, 0.25) is 0 Å². The molecular weight excluding hydrogens is 197 g/mol. The number of hydrogen-bond donors (Lipinski definition) is 0. The van der Waals surface area contributed by atoms with Gasteiger partial charge in [-0.05, 0) is 37.8 Å². The molecule has 0 radical (unpaired) electrons. The molecule has 0 unspecified atom stereocenters. The van der Waals surface area contributed by atoms with Gasteiger partial charge in [-0.2, -0.15) is 5.26 Å². The number of rotatable bonds is 2. The van der Waals surface area contributed by atoms with Crippen LogP contribution < -0.4 is 0 Å². The number of nitrogens with zero attached hydrogens (tertiary/aromatic N) is 1. The molecule has 0 aliphatic carbocycles. The monoisotopic (exact) mass is 209 g/mol. The Balaban J connectivity index is 3.17. The lowest BCUT2D eigenvalue weighted by molar-refractivity contribution is 0.589. The first-order chi connectivity index (χ1) is 6.51. The summed E-state index contributed by atoms with van der Waals surface area (Å²) in [4.78, 5) is 0.613. The van der Waals surface area contributed by atoms with Crippen LogP contribution in [-0.2, 0) is 5.41 Å². The summed E-state index contributed by atoms with van der Waals surface area (Å²) in [5, 5.41) is 8.89. The summed E-state index contributed by atoms with van der Waals surface area (Å²) in [7, 11) is 0. The van der Waals surface area contributed by atoms with Crippen molar-refractivity contribution in [3.8, 4) is 6.07 Å². The van der Waals surface area contributed by atoms with Gasteiger partial charge in [0.15, 0.2) is 0 Å². The average molecular weight is 209 g/mol. The van der Waals surface area contributed by atoms with Crippen molar-refractivity contribution in [1.29, 1.82) is 5.26 Å². The van der Waals surface area contributed by atoms with Crippen molar-refractivity contribution in [2.45, 2.75) is 24.2 Å². The van der Waals surface area contributed by atoms with Crippen LogP contribution in [0.4, 0.5) is 4.39 Å². The van der Waals surface area contributed by atoms with Crippen molar-refractivity contribution in [2.24, 2.45) is 0 Å². The predicted molar refractivity (Wildman–Crippen MR) is 56.8 cm³/mol. The Kier molecular flexibility index (Phi) is 3.17. The third-order valence-electron chi connectivity index (χ3n) is 2.15. The van der Waals surface area contributed by atoms with Gasteiger partial charge in [0, 0.05) is 4.90 Å². The molecule has 0 saturated heterocycles. The second-order valence-electron chi connectivity index (χ2n) is 3.59. The maximum absolute atomic E-state index is 13.4. The Morgan fingerprint density at radius 1 is 1.43 bits per heavy atom. The van der Waals surface area contributed by atoms with Crippen molar-refractivity contribution >= 4 is 11.8 Å². The lowest BCUT2D eigenvalue weighted by Crippen LogP contribution is -2.14. The molecule has 0 heterocycles. The molecule has 0 aromatic heterocycles. The maximum atomic E-state index is 13.4. The molecular formula is C11H12FNS. The fraction of sp³-hybridized carbons (Fsp3) is 0.364. The van der Waals surface area contributed by atoms with E-state index in [0.717, 1.165) is 5.56 Å². The van der Waals surface area contributed by atoms with Crippen LogP contribution in [0.3, 0.4) is 0 Å². The third-order valence-corrected chi connectivity index (χ3v) is 2.92. The molecule has 0 aliphatic heterocycles. The predicted octanol–water partition coefficient (Wildman–Crippen LogP) is 3.35. The van der Waals surface area contributed by atoms with Crippen molar-refractivity contribution in [3.63, 3.8) is 0 Å². The van der Waals surface area contributed by atoms with E-state index in [4.69, 9.17) is 5.26 Å². The molecule has 14 heavy (non-hydrogen) atoms. The molecule has 0 amide bonds. The normalized spacial score (nSPS) is 11.1. The van der Waals surface area contributed by atoms with Crippen LogP contribution in [-0.4, -0.2) is 6.26 Å². The van der Waals surface area contributed by atoms with E-state index in [2.05, 4.69) is 6.07 Å². The number of nitriles is 1. The molecule has 1 aromatic rings. The average Bonchev–Trinajstić information content (AvgIpc) is 2.17. The van der Waals surface area contributed by atoms with Gasteiger partial charge in [-0.15, -0.1) is 11.8 Å². The van der Waals surface area contributed by atoms with Gasteiger partial charge < -0.3 is 0 Å². The van der Waals surface area contributed by atoms with Gasteiger partial charge in [0.1, 0.15) is 5.82 Å². The molecule has 1 aromatic carbocycles. The van der Waals surface area contributed by atoms with E-state index in [9.17, 15) is 4.39 Å². The van der Waals surface area contributed by atoms with Gasteiger partial charge in [-0.1, -0.05) is 6.07 Å². The molecule has 1 nitrogen and oxygen atoms in total. The molecule has 74 valence electrons. The van der Waals surface area contributed by atoms with E-state index in [-0.39, 0.29) is 5.82 Å². The summed E-state index contributed by atoms with van der Waals surface area (Å²) in [6.07, 6.45) is 1.83. The van der Waals surface area contributed by atoms with E-state index >= 15 is 0 Å². The second-order valence-corrected chi connectivity index (χ2v) is 4.43.